The Labute approximate surface area is 301 Å². The number of benzene rings is 2. The van der Waals surface area contributed by atoms with Crippen LogP contribution in [0, 0.1) is 0 Å². The zero-order chi connectivity index (χ0) is 33.4. The van der Waals surface area contributed by atoms with Crippen LogP contribution in [0.2, 0.25) is 40.2 Å². The summed E-state index contributed by atoms with van der Waals surface area (Å²) in [5.74, 6) is -2.12. The third-order valence-corrected chi connectivity index (χ3v) is 10.9. The van der Waals surface area contributed by atoms with E-state index in [-0.39, 0.29) is 106 Å². The van der Waals surface area contributed by atoms with Crippen LogP contribution in [0.4, 0.5) is 0 Å². The van der Waals surface area contributed by atoms with Crippen molar-refractivity contribution in [1.29, 1.82) is 0 Å². The van der Waals surface area contributed by atoms with E-state index in [1.807, 2.05) is 0 Å². The topological polar surface area (TPSA) is 132 Å². The summed E-state index contributed by atoms with van der Waals surface area (Å²) in [6.45, 7) is -0.603. The molecule has 5 N–H and O–H groups in total. The third-order valence-electron chi connectivity index (χ3n) is 7.22. The van der Waals surface area contributed by atoms with Crippen LogP contribution in [0.1, 0.15) is 49.7 Å². The predicted molar refractivity (Wildman–Crippen MR) is 181 cm³/mol. The fourth-order valence-electron chi connectivity index (χ4n) is 4.65. The van der Waals surface area contributed by atoms with Gasteiger partial charge >= 0.3 is 0 Å². The summed E-state index contributed by atoms with van der Waals surface area (Å²) in [7, 11) is 0. The molecule has 46 heavy (non-hydrogen) atoms. The Morgan fingerprint density at radius 2 is 0.674 bits per heavy atom. The van der Waals surface area contributed by atoms with E-state index in [9.17, 15) is 19.2 Å². The molecular formula is C29H19Cl8N5O4. The highest BCUT2D eigenvalue weighted by Gasteiger charge is 2.26. The third kappa shape index (κ3) is 6.84. The van der Waals surface area contributed by atoms with Crippen LogP contribution in [-0.4, -0.2) is 28.6 Å². The monoisotopic (exact) mass is 781 g/mol. The molecule has 1 aliphatic carbocycles. The normalized spacial score (nSPS) is 16.1. The Morgan fingerprint density at radius 3 is 0.957 bits per heavy atom. The highest BCUT2D eigenvalue weighted by atomic mass is 35.5. The molecule has 0 fully saturated rings. The number of carbonyl (C=O) groups is 4. The number of aromatic nitrogens is 1. The van der Waals surface area contributed by atoms with E-state index >= 15 is 0 Å². The average molecular weight is 785 g/mol. The molecule has 1 aromatic heterocycles. The van der Waals surface area contributed by atoms with Crippen LogP contribution in [-0.2, 0) is 35.8 Å². The van der Waals surface area contributed by atoms with Gasteiger partial charge in [0.05, 0.1) is 40.2 Å². The molecule has 240 valence electrons. The van der Waals surface area contributed by atoms with Crippen molar-refractivity contribution >= 4 is 116 Å². The summed E-state index contributed by atoms with van der Waals surface area (Å²) in [5, 5.41) is 11.0. The first kappa shape index (κ1) is 34.7. The van der Waals surface area contributed by atoms with E-state index in [4.69, 9.17) is 92.8 Å². The van der Waals surface area contributed by atoms with Gasteiger partial charge in [0.15, 0.2) is 0 Å². The molecule has 0 saturated carbocycles. The van der Waals surface area contributed by atoms with Crippen LogP contribution in [0.15, 0.2) is 35.4 Å². The first-order chi connectivity index (χ1) is 21.8. The quantitative estimate of drug-likeness (QED) is 0.150. The molecule has 0 spiro atoms. The molecular weight excluding hydrogens is 766 g/mol. The fraction of sp³-hybridized carbons (Fsp3) is 0.172. The van der Waals surface area contributed by atoms with Gasteiger partial charge in [0.25, 0.3) is 11.8 Å². The van der Waals surface area contributed by atoms with Crippen molar-refractivity contribution in [3.8, 4) is 0 Å². The van der Waals surface area contributed by atoms with Crippen LogP contribution >= 0.6 is 92.8 Å². The van der Waals surface area contributed by atoms with Crippen molar-refractivity contribution in [3.63, 3.8) is 0 Å². The second-order valence-electron chi connectivity index (χ2n) is 10.0. The molecule has 17 heteroatoms. The zero-order valence-corrected chi connectivity index (χ0v) is 29.0. The van der Waals surface area contributed by atoms with Crippen molar-refractivity contribution in [1.82, 2.24) is 26.3 Å². The van der Waals surface area contributed by atoms with Crippen LogP contribution in [0.5, 0.6) is 0 Å². The SMILES string of the molecule is O=C1NCc2c(Cl)c(Cl)c(c(Cl)c2Cl)CNC(=O)c2ccc([nH]2)C(=O)NCc2c(Cl)c(Cl)c(c(Cl)c2Cl)CNC(=O)C2=CC=C1C2. The summed E-state index contributed by atoms with van der Waals surface area (Å²) in [4.78, 5) is 54.4. The maximum Gasteiger partial charge on any atom is 0.267 e. The number of halogens is 8. The van der Waals surface area contributed by atoms with Gasteiger partial charge in [-0.25, -0.2) is 0 Å². The van der Waals surface area contributed by atoms with Crippen LogP contribution < -0.4 is 21.3 Å². The first-order valence-electron chi connectivity index (χ1n) is 13.2. The van der Waals surface area contributed by atoms with Crippen LogP contribution in [0.25, 0.3) is 0 Å². The molecule has 8 rings (SSSR count). The largest absolute Gasteiger partial charge is 0.348 e. The summed E-state index contributed by atoms with van der Waals surface area (Å²) in [6, 6.07) is 2.81. The van der Waals surface area contributed by atoms with Crippen molar-refractivity contribution in [3.05, 3.63) is 109 Å². The second-order valence-corrected chi connectivity index (χ2v) is 13.0. The van der Waals surface area contributed by atoms with E-state index in [0.717, 1.165) is 0 Å². The number of nitrogens with one attached hydrogen (secondary N) is 5. The standard InChI is InChI=1S/C29H19Cl8N5O4/c30-18-12-6-38-26(43)10-1-2-11(5-10)27(44)39-7-13-20(32)24(36)15(25(37)21(13)33)9-41-29(46)17-4-3-16(42-17)28(45)40-8-14(22(18)34)23(35)19(12)31/h1-4,42H,5-9H2,(H,38,43)(H,39,44)(H,40,45)(H,41,46). The van der Waals surface area contributed by atoms with E-state index in [0.29, 0.717) is 11.1 Å². The first-order valence-corrected chi connectivity index (χ1v) is 16.2. The fourth-order valence-corrected chi connectivity index (χ4v) is 7.05. The van der Waals surface area contributed by atoms with E-state index in [2.05, 4.69) is 26.3 Å². The minimum absolute atomic E-state index is 0.0274. The predicted octanol–water partition coefficient (Wildman–Crippen LogP) is 7.60. The molecule has 0 unspecified atom stereocenters. The summed E-state index contributed by atoms with van der Waals surface area (Å²) >= 11 is 52.0. The Hall–Kier alpha value is -2.60. The molecule has 9 nitrogen and oxygen atoms in total. The van der Waals surface area contributed by atoms with Crippen molar-refractivity contribution in [2.24, 2.45) is 0 Å². The van der Waals surface area contributed by atoms with Gasteiger partial charge in [-0.15, -0.1) is 0 Å². The highest BCUT2D eigenvalue weighted by molar-refractivity contribution is 6.50. The Morgan fingerprint density at radius 1 is 0.413 bits per heavy atom. The Balaban J connectivity index is 1.46. The lowest BCUT2D eigenvalue weighted by molar-refractivity contribution is -0.117. The minimum Gasteiger partial charge on any atom is -0.348 e. The number of aromatic amines is 1. The molecule has 3 aromatic rings. The Bertz CT molecular complexity index is 1710. The van der Waals surface area contributed by atoms with E-state index in [1.165, 1.54) is 24.3 Å². The lowest BCUT2D eigenvalue weighted by Crippen LogP contribution is -2.28. The molecule has 0 radical (unpaired) electrons. The Kier molecular flexibility index (Phi) is 10.8. The number of amides is 4. The molecule has 8 bridgehead atoms. The summed E-state index contributed by atoms with van der Waals surface area (Å²) in [5.41, 5.74) is 1.71. The van der Waals surface area contributed by atoms with Crippen molar-refractivity contribution in [2.75, 3.05) is 0 Å². The van der Waals surface area contributed by atoms with Crippen LogP contribution in [0.3, 0.4) is 0 Å². The minimum atomic E-state index is -0.582. The van der Waals surface area contributed by atoms with Gasteiger partial charge in [0.2, 0.25) is 11.8 Å². The van der Waals surface area contributed by atoms with Gasteiger partial charge in [-0.2, -0.15) is 0 Å². The van der Waals surface area contributed by atoms with Gasteiger partial charge in [-0.3, -0.25) is 19.2 Å². The molecule has 5 aliphatic rings. The smallest absolute Gasteiger partial charge is 0.267 e. The van der Waals surface area contributed by atoms with Crippen molar-refractivity contribution < 1.29 is 19.2 Å². The van der Waals surface area contributed by atoms with Gasteiger partial charge in [-0.05, 0) is 12.1 Å². The zero-order valence-electron chi connectivity index (χ0n) is 23.0. The van der Waals surface area contributed by atoms with Gasteiger partial charge in [-0.1, -0.05) is 105 Å². The molecule has 4 amide bonds. The van der Waals surface area contributed by atoms with Gasteiger partial charge in [0, 0.05) is 66.0 Å². The number of rotatable bonds is 0. The van der Waals surface area contributed by atoms with E-state index < -0.39 is 23.6 Å². The number of carbonyl (C=O) groups excluding carboxylic acids is 4. The van der Waals surface area contributed by atoms with Crippen molar-refractivity contribution in [2.45, 2.75) is 32.6 Å². The average Bonchev–Trinajstić information content (AvgIpc) is 3.73. The molecule has 0 atom stereocenters. The summed E-state index contributed by atoms with van der Waals surface area (Å²) < 4.78 is 0. The molecule has 5 heterocycles. The van der Waals surface area contributed by atoms with E-state index in [1.54, 1.807) is 0 Å². The number of hydrogen-bond acceptors (Lipinski definition) is 4. The van der Waals surface area contributed by atoms with Gasteiger partial charge in [0.1, 0.15) is 11.4 Å². The number of H-pyrrole nitrogens is 1. The van der Waals surface area contributed by atoms with Gasteiger partial charge < -0.3 is 26.3 Å². The lowest BCUT2D eigenvalue weighted by Gasteiger charge is -2.17. The summed E-state index contributed by atoms with van der Waals surface area (Å²) in [6.07, 6.45) is 3.05. The maximum atomic E-state index is 13.0. The molecule has 0 saturated heterocycles. The number of hydrogen-bond donors (Lipinski definition) is 5. The second kappa shape index (κ2) is 14.3. The molecule has 2 aromatic carbocycles. The highest BCUT2D eigenvalue weighted by Crippen LogP contribution is 2.42. The number of allylic oxidation sites excluding steroid dienone is 2. The maximum absolute atomic E-state index is 13.0. The lowest BCUT2D eigenvalue weighted by atomic mass is 10.1. The molecule has 4 aliphatic heterocycles.